The molecule has 1 aliphatic carbocycles. The van der Waals surface area contributed by atoms with Gasteiger partial charge in [-0.3, -0.25) is 10.6 Å². The average Bonchev–Trinajstić information content (AvgIpc) is 2.99. The van der Waals surface area contributed by atoms with E-state index in [1.165, 1.54) is 27.5 Å². The van der Waals surface area contributed by atoms with Crippen molar-refractivity contribution in [2.75, 3.05) is 0 Å². The molecule has 4 nitrogen and oxygen atoms in total. The average molecular weight is 345 g/mol. The standard InChI is InChI=1S/C13H10.C9H13N3O/c1-9-8-11-6-2-4-10-5-3-7-12(9)13(10)11;10-9(13)8(12-11)6-7-4-2-1-3-5-7/h2-8H,1H3;1-5,8,12H,6,11H2,(H2,10,13). The summed E-state index contributed by atoms with van der Waals surface area (Å²) < 4.78 is 0. The summed E-state index contributed by atoms with van der Waals surface area (Å²) in [5.41, 5.74) is 12.7. The van der Waals surface area contributed by atoms with E-state index in [1.807, 2.05) is 30.3 Å². The van der Waals surface area contributed by atoms with Gasteiger partial charge in [0.2, 0.25) is 5.91 Å². The molecule has 3 aromatic rings. The summed E-state index contributed by atoms with van der Waals surface area (Å²) in [7, 11) is 0. The number of rotatable bonds is 4. The first-order valence-corrected chi connectivity index (χ1v) is 8.60. The highest BCUT2D eigenvalue weighted by molar-refractivity contribution is 6.08. The zero-order chi connectivity index (χ0) is 18.5. The van der Waals surface area contributed by atoms with Crippen molar-refractivity contribution in [3.05, 3.63) is 83.4 Å². The zero-order valence-corrected chi connectivity index (χ0v) is 14.8. The molecule has 0 saturated heterocycles. The summed E-state index contributed by atoms with van der Waals surface area (Å²) in [4.78, 5) is 10.8. The summed E-state index contributed by atoms with van der Waals surface area (Å²) in [6.45, 7) is 2.18. The first-order valence-electron chi connectivity index (χ1n) is 8.60. The van der Waals surface area contributed by atoms with Gasteiger partial charge in [0.15, 0.2) is 0 Å². The van der Waals surface area contributed by atoms with Crippen molar-refractivity contribution in [3.8, 4) is 0 Å². The Bertz CT molecular complexity index is 943. The molecule has 1 atom stereocenters. The van der Waals surface area contributed by atoms with Gasteiger partial charge in [-0.2, -0.15) is 0 Å². The topological polar surface area (TPSA) is 81.1 Å². The Morgan fingerprint density at radius 1 is 1.00 bits per heavy atom. The Morgan fingerprint density at radius 3 is 2.35 bits per heavy atom. The van der Waals surface area contributed by atoms with Crippen LogP contribution in [0.15, 0.2) is 66.7 Å². The van der Waals surface area contributed by atoms with Crippen molar-refractivity contribution in [1.29, 1.82) is 0 Å². The number of nitrogens with two attached hydrogens (primary N) is 2. The van der Waals surface area contributed by atoms with Gasteiger partial charge < -0.3 is 5.73 Å². The highest BCUT2D eigenvalue weighted by Gasteiger charge is 2.13. The summed E-state index contributed by atoms with van der Waals surface area (Å²) in [6, 6.07) is 22.1. The van der Waals surface area contributed by atoms with Crippen molar-refractivity contribution in [1.82, 2.24) is 5.43 Å². The Morgan fingerprint density at radius 2 is 1.69 bits per heavy atom. The number of carbonyl (C=O) groups excluding carboxylic acids is 1. The molecular formula is C22H23N3O. The molecule has 0 spiro atoms. The van der Waals surface area contributed by atoms with Gasteiger partial charge in [-0.15, -0.1) is 0 Å². The number of hydrogen-bond acceptors (Lipinski definition) is 3. The maximum Gasteiger partial charge on any atom is 0.236 e. The molecule has 3 aromatic carbocycles. The minimum Gasteiger partial charge on any atom is -0.368 e. The quantitative estimate of drug-likeness (QED) is 0.501. The van der Waals surface area contributed by atoms with Gasteiger partial charge in [-0.05, 0) is 46.4 Å². The van der Waals surface area contributed by atoms with Crippen LogP contribution in [0.25, 0.3) is 22.4 Å². The van der Waals surface area contributed by atoms with Crippen LogP contribution < -0.4 is 17.0 Å². The molecule has 0 saturated carbocycles. The molecule has 1 amide bonds. The Labute approximate surface area is 153 Å². The lowest BCUT2D eigenvalue weighted by atomic mass is 10.0. The second-order valence-corrected chi connectivity index (χ2v) is 6.39. The molecule has 4 rings (SSSR count). The highest BCUT2D eigenvalue weighted by atomic mass is 16.1. The van der Waals surface area contributed by atoms with E-state index in [4.69, 9.17) is 11.6 Å². The third kappa shape index (κ3) is 3.82. The second-order valence-electron chi connectivity index (χ2n) is 6.39. The molecule has 0 bridgehead atoms. The maximum atomic E-state index is 10.8. The number of primary amides is 1. The minimum atomic E-state index is -0.498. The van der Waals surface area contributed by atoms with Gasteiger partial charge in [0.25, 0.3) is 0 Å². The Hall–Kier alpha value is -2.95. The predicted molar refractivity (Wildman–Crippen MR) is 108 cm³/mol. The minimum absolute atomic E-state index is 0.439. The van der Waals surface area contributed by atoms with E-state index >= 15 is 0 Å². The molecule has 0 aliphatic heterocycles. The molecule has 26 heavy (non-hydrogen) atoms. The van der Waals surface area contributed by atoms with Crippen LogP contribution in [-0.4, -0.2) is 11.9 Å². The van der Waals surface area contributed by atoms with Gasteiger partial charge >= 0.3 is 0 Å². The molecule has 0 heterocycles. The van der Waals surface area contributed by atoms with E-state index in [2.05, 4.69) is 54.8 Å². The first-order chi connectivity index (χ1) is 12.6. The predicted octanol–water partition coefficient (Wildman–Crippen LogP) is 3.26. The van der Waals surface area contributed by atoms with Gasteiger partial charge in [0, 0.05) is 0 Å². The van der Waals surface area contributed by atoms with Crippen LogP contribution in [-0.2, 0) is 11.2 Å². The number of hydrogen-bond donors (Lipinski definition) is 3. The van der Waals surface area contributed by atoms with E-state index in [-0.39, 0.29) is 0 Å². The maximum absolute atomic E-state index is 10.8. The smallest absolute Gasteiger partial charge is 0.236 e. The largest absolute Gasteiger partial charge is 0.368 e. The van der Waals surface area contributed by atoms with Crippen LogP contribution in [0.1, 0.15) is 23.6 Å². The number of allylic oxidation sites excluding steroid dienone is 1. The third-order valence-electron chi connectivity index (χ3n) is 4.56. The monoisotopic (exact) mass is 345 g/mol. The molecule has 4 heteroatoms. The zero-order valence-electron chi connectivity index (χ0n) is 14.8. The Kier molecular flexibility index (Phi) is 5.46. The lowest BCUT2D eigenvalue weighted by Gasteiger charge is -2.11. The van der Waals surface area contributed by atoms with Crippen LogP contribution in [0, 0.1) is 0 Å². The fourth-order valence-corrected chi connectivity index (χ4v) is 3.22. The highest BCUT2D eigenvalue weighted by Crippen LogP contribution is 2.35. The fraction of sp³-hybridized carbons (Fsp3) is 0.136. The number of benzene rings is 3. The third-order valence-corrected chi connectivity index (χ3v) is 4.56. The summed E-state index contributed by atoms with van der Waals surface area (Å²) in [5, 5.41) is 2.77. The number of amides is 1. The molecule has 0 radical (unpaired) electrons. The van der Waals surface area contributed by atoms with Gasteiger partial charge in [-0.1, -0.05) is 72.8 Å². The number of nitrogens with one attached hydrogen (secondary N) is 1. The lowest BCUT2D eigenvalue weighted by Crippen LogP contribution is -2.46. The van der Waals surface area contributed by atoms with Crippen LogP contribution in [0.2, 0.25) is 0 Å². The molecular weight excluding hydrogens is 322 g/mol. The molecule has 1 aliphatic rings. The van der Waals surface area contributed by atoms with Crippen molar-refractivity contribution in [2.45, 2.75) is 19.4 Å². The van der Waals surface area contributed by atoms with Crippen molar-refractivity contribution in [2.24, 2.45) is 11.6 Å². The van der Waals surface area contributed by atoms with E-state index in [9.17, 15) is 4.79 Å². The van der Waals surface area contributed by atoms with Crippen molar-refractivity contribution < 1.29 is 4.79 Å². The normalized spacial score (nSPS) is 12.9. The molecule has 0 aromatic heterocycles. The van der Waals surface area contributed by atoms with Crippen molar-refractivity contribution in [3.63, 3.8) is 0 Å². The summed E-state index contributed by atoms with van der Waals surface area (Å²) in [6.07, 6.45) is 2.78. The lowest BCUT2D eigenvalue weighted by molar-refractivity contribution is -0.120. The second kappa shape index (κ2) is 7.95. The van der Waals surface area contributed by atoms with Crippen LogP contribution >= 0.6 is 0 Å². The molecule has 5 N–H and O–H groups in total. The number of carbonyl (C=O) groups is 1. The summed E-state index contributed by atoms with van der Waals surface area (Å²) >= 11 is 0. The van der Waals surface area contributed by atoms with E-state index in [0.29, 0.717) is 6.42 Å². The van der Waals surface area contributed by atoms with Crippen LogP contribution in [0.4, 0.5) is 0 Å². The van der Waals surface area contributed by atoms with Crippen molar-refractivity contribution >= 4 is 28.3 Å². The van der Waals surface area contributed by atoms with Gasteiger partial charge in [-0.25, -0.2) is 5.43 Å². The molecule has 0 fully saturated rings. The first kappa shape index (κ1) is 17.9. The molecule has 1 unspecified atom stereocenters. The molecule has 132 valence electrons. The van der Waals surface area contributed by atoms with Crippen LogP contribution in [0.5, 0.6) is 0 Å². The summed E-state index contributed by atoms with van der Waals surface area (Å²) in [5.74, 6) is 4.73. The van der Waals surface area contributed by atoms with E-state index in [0.717, 1.165) is 5.56 Å². The van der Waals surface area contributed by atoms with Crippen LogP contribution in [0.3, 0.4) is 0 Å². The van der Waals surface area contributed by atoms with Gasteiger partial charge in [0.05, 0.1) is 0 Å². The Balaban J connectivity index is 0.000000151. The van der Waals surface area contributed by atoms with Gasteiger partial charge in [0.1, 0.15) is 6.04 Å². The SMILES string of the molecule is CC1=Cc2cccc3cccc1c23.NNC(Cc1ccccc1)C(N)=O. The fourth-order valence-electron chi connectivity index (χ4n) is 3.22. The van der Waals surface area contributed by atoms with E-state index in [1.54, 1.807) is 0 Å². The van der Waals surface area contributed by atoms with E-state index < -0.39 is 11.9 Å². The number of hydrazine groups is 1.